The Balaban J connectivity index is 1.67. The van der Waals surface area contributed by atoms with E-state index in [1.807, 2.05) is 12.3 Å². The molecule has 8 heteroatoms. The van der Waals surface area contributed by atoms with Gasteiger partial charge >= 0.3 is 6.61 Å². The number of ether oxygens (including phenoxy) is 1. The van der Waals surface area contributed by atoms with E-state index in [2.05, 4.69) is 20.4 Å². The molecule has 5 nitrogen and oxygen atoms in total. The lowest BCUT2D eigenvalue weighted by Crippen LogP contribution is -2.23. The van der Waals surface area contributed by atoms with Crippen LogP contribution in [0.5, 0.6) is 5.75 Å². The second kappa shape index (κ2) is 9.27. The Kier molecular flexibility index (Phi) is 6.54. The lowest BCUT2D eigenvalue weighted by Gasteiger charge is -2.12. The van der Waals surface area contributed by atoms with Gasteiger partial charge in [-0.3, -0.25) is 4.79 Å². The number of anilines is 2. The number of nitrogens with one attached hydrogen (secondary N) is 2. The van der Waals surface area contributed by atoms with Gasteiger partial charge in [-0.2, -0.15) is 8.78 Å². The van der Waals surface area contributed by atoms with E-state index in [9.17, 15) is 13.6 Å². The number of para-hydroxylation sites is 1. The maximum Gasteiger partial charge on any atom is 0.387 e. The quantitative estimate of drug-likeness (QED) is 0.557. The van der Waals surface area contributed by atoms with Gasteiger partial charge in [-0.1, -0.05) is 19.1 Å². The number of nitrogens with zero attached hydrogens (tertiary/aromatic N) is 1. The Morgan fingerprint density at radius 3 is 2.61 bits per heavy atom. The molecule has 2 N–H and O–H groups in total. The predicted octanol–water partition coefficient (Wildman–Crippen LogP) is 4.98. The van der Waals surface area contributed by atoms with Gasteiger partial charge in [0, 0.05) is 11.1 Å². The van der Waals surface area contributed by atoms with Gasteiger partial charge in [0.2, 0.25) is 0 Å². The van der Waals surface area contributed by atoms with Crippen LogP contribution >= 0.6 is 11.3 Å². The highest BCUT2D eigenvalue weighted by molar-refractivity contribution is 7.09. The topological polar surface area (TPSA) is 63.2 Å². The standard InChI is InChI=1S/C20H19F2N3O2S/c1-2-18-25-14(12-28-18)11-23-19(26)16-5-3-4-6-17(16)24-13-7-9-15(10-8-13)27-20(21)22/h3-10,12,20,24H,2,11H2,1H3,(H,23,26). The fourth-order valence-corrected chi connectivity index (χ4v) is 3.27. The maximum absolute atomic E-state index is 12.6. The molecule has 0 bridgehead atoms. The number of benzene rings is 2. The van der Waals surface area contributed by atoms with Crippen LogP contribution in [0.4, 0.5) is 20.2 Å². The third kappa shape index (κ3) is 5.26. The average Bonchev–Trinajstić information content (AvgIpc) is 3.16. The smallest absolute Gasteiger partial charge is 0.387 e. The monoisotopic (exact) mass is 403 g/mol. The normalized spacial score (nSPS) is 10.7. The Morgan fingerprint density at radius 1 is 1.18 bits per heavy atom. The summed E-state index contributed by atoms with van der Waals surface area (Å²) in [6, 6.07) is 13.2. The third-order valence-corrected chi connectivity index (χ3v) is 4.90. The van der Waals surface area contributed by atoms with Crippen LogP contribution in [-0.2, 0) is 13.0 Å². The van der Waals surface area contributed by atoms with E-state index in [-0.39, 0.29) is 11.7 Å². The first kappa shape index (κ1) is 19.8. The highest BCUT2D eigenvalue weighted by Gasteiger charge is 2.12. The van der Waals surface area contributed by atoms with E-state index in [1.54, 1.807) is 47.7 Å². The van der Waals surface area contributed by atoms with Crippen molar-refractivity contribution in [3.8, 4) is 5.75 Å². The zero-order chi connectivity index (χ0) is 19.9. The van der Waals surface area contributed by atoms with Crippen molar-refractivity contribution in [3.63, 3.8) is 0 Å². The molecule has 3 rings (SSSR count). The molecule has 1 heterocycles. The SMILES string of the molecule is CCc1nc(CNC(=O)c2ccccc2Nc2ccc(OC(F)F)cc2)cs1. The van der Waals surface area contributed by atoms with Crippen LogP contribution in [-0.4, -0.2) is 17.5 Å². The van der Waals surface area contributed by atoms with Gasteiger partial charge in [0.05, 0.1) is 28.5 Å². The minimum Gasteiger partial charge on any atom is -0.435 e. The van der Waals surface area contributed by atoms with E-state index in [0.717, 1.165) is 17.1 Å². The number of amides is 1. The van der Waals surface area contributed by atoms with Crippen LogP contribution in [0.2, 0.25) is 0 Å². The molecule has 0 atom stereocenters. The maximum atomic E-state index is 12.6. The molecule has 1 aromatic heterocycles. The number of hydrogen-bond donors (Lipinski definition) is 2. The Labute approximate surface area is 165 Å². The molecule has 0 unspecified atom stereocenters. The fraction of sp³-hybridized carbons (Fsp3) is 0.200. The molecule has 28 heavy (non-hydrogen) atoms. The summed E-state index contributed by atoms with van der Waals surface area (Å²) in [6.07, 6.45) is 0.868. The molecule has 2 aromatic carbocycles. The fourth-order valence-electron chi connectivity index (χ4n) is 2.52. The summed E-state index contributed by atoms with van der Waals surface area (Å²) in [5.74, 6) is -0.159. The Hall–Kier alpha value is -3.00. The number of aryl methyl sites for hydroxylation is 1. The Bertz CT molecular complexity index is 929. The second-order valence-electron chi connectivity index (χ2n) is 5.84. The molecular formula is C20H19F2N3O2S. The summed E-state index contributed by atoms with van der Waals surface area (Å²) in [5.41, 5.74) is 2.56. The number of aromatic nitrogens is 1. The summed E-state index contributed by atoms with van der Waals surface area (Å²) >= 11 is 1.57. The molecule has 0 aliphatic heterocycles. The van der Waals surface area contributed by atoms with E-state index in [4.69, 9.17) is 0 Å². The first-order chi connectivity index (χ1) is 13.5. The summed E-state index contributed by atoms with van der Waals surface area (Å²) in [4.78, 5) is 17.0. The number of halogens is 2. The number of thiazole rings is 1. The van der Waals surface area contributed by atoms with Crippen molar-refractivity contribution in [2.24, 2.45) is 0 Å². The van der Waals surface area contributed by atoms with Crippen molar-refractivity contribution in [2.45, 2.75) is 26.5 Å². The molecule has 0 spiro atoms. The van der Waals surface area contributed by atoms with Gasteiger partial charge in [0.15, 0.2) is 0 Å². The van der Waals surface area contributed by atoms with Gasteiger partial charge < -0.3 is 15.4 Å². The highest BCUT2D eigenvalue weighted by atomic mass is 32.1. The second-order valence-corrected chi connectivity index (χ2v) is 6.78. The van der Waals surface area contributed by atoms with Crippen LogP contribution < -0.4 is 15.4 Å². The van der Waals surface area contributed by atoms with Crippen molar-refractivity contribution in [1.82, 2.24) is 10.3 Å². The van der Waals surface area contributed by atoms with Gasteiger partial charge in [0.25, 0.3) is 5.91 Å². The van der Waals surface area contributed by atoms with Crippen LogP contribution in [0.25, 0.3) is 0 Å². The largest absolute Gasteiger partial charge is 0.435 e. The number of carbonyl (C=O) groups is 1. The van der Waals surface area contributed by atoms with Gasteiger partial charge in [-0.05, 0) is 42.8 Å². The minimum absolute atomic E-state index is 0.0706. The van der Waals surface area contributed by atoms with Crippen LogP contribution in [0, 0.1) is 0 Å². The van der Waals surface area contributed by atoms with E-state index >= 15 is 0 Å². The first-order valence-electron chi connectivity index (χ1n) is 8.67. The number of carbonyl (C=O) groups excluding carboxylic acids is 1. The molecule has 0 aliphatic rings. The molecule has 0 saturated heterocycles. The number of hydrogen-bond acceptors (Lipinski definition) is 5. The first-order valence-corrected chi connectivity index (χ1v) is 9.55. The zero-order valence-electron chi connectivity index (χ0n) is 15.1. The van der Waals surface area contributed by atoms with E-state index in [1.165, 1.54) is 12.1 Å². The van der Waals surface area contributed by atoms with Crippen LogP contribution in [0.1, 0.15) is 28.0 Å². The molecule has 0 saturated carbocycles. The van der Waals surface area contributed by atoms with Crippen LogP contribution in [0.15, 0.2) is 53.9 Å². The summed E-state index contributed by atoms with van der Waals surface area (Å²) in [7, 11) is 0. The molecule has 0 radical (unpaired) electrons. The van der Waals surface area contributed by atoms with Gasteiger partial charge in [0.1, 0.15) is 5.75 Å². The van der Waals surface area contributed by atoms with Crippen molar-refractivity contribution in [3.05, 3.63) is 70.2 Å². The minimum atomic E-state index is -2.87. The molecular weight excluding hydrogens is 384 g/mol. The van der Waals surface area contributed by atoms with Crippen LogP contribution in [0.3, 0.4) is 0 Å². The van der Waals surface area contributed by atoms with Gasteiger partial charge in [-0.25, -0.2) is 4.98 Å². The molecule has 3 aromatic rings. The molecule has 1 amide bonds. The molecule has 0 fully saturated rings. The zero-order valence-corrected chi connectivity index (χ0v) is 15.9. The summed E-state index contributed by atoms with van der Waals surface area (Å²) in [5, 5.41) is 8.97. The van der Waals surface area contributed by atoms with Gasteiger partial charge in [-0.15, -0.1) is 11.3 Å². The van der Waals surface area contributed by atoms with Crippen molar-refractivity contribution in [2.75, 3.05) is 5.32 Å². The predicted molar refractivity (Wildman–Crippen MR) is 105 cm³/mol. The third-order valence-electron chi connectivity index (χ3n) is 3.86. The lowest BCUT2D eigenvalue weighted by atomic mass is 10.1. The highest BCUT2D eigenvalue weighted by Crippen LogP contribution is 2.24. The Morgan fingerprint density at radius 2 is 1.93 bits per heavy atom. The lowest BCUT2D eigenvalue weighted by molar-refractivity contribution is -0.0498. The van der Waals surface area contributed by atoms with Crippen molar-refractivity contribution >= 4 is 28.6 Å². The summed E-state index contributed by atoms with van der Waals surface area (Å²) < 4.78 is 28.8. The summed E-state index contributed by atoms with van der Waals surface area (Å²) in [6.45, 7) is -0.479. The number of rotatable bonds is 8. The van der Waals surface area contributed by atoms with Crippen molar-refractivity contribution in [1.29, 1.82) is 0 Å². The molecule has 0 aliphatic carbocycles. The van der Waals surface area contributed by atoms with E-state index in [0.29, 0.717) is 23.5 Å². The number of alkyl halides is 2. The van der Waals surface area contributed by atoms with E-state index < -0.39 is 6.61 Å². The average molecular weight is 403 g/mol. The van der Waals surface area contributed by atoms with Crippen molar-refractivity contribution < 1.29 is 18.3 Å². The molecule has 146 valence electrons.